The van der Waals surface area contributed by atoms with E-state index in [4.69, 9.17) is 0 Å². The first-order chi connectivity index (χ1) is 9.45. The quantitative estimate of drug-likeness (QED) is 0.837. The van der Waals surface area contributed by atoms with E-state index in [0.29, 0.717) is 12.2 Å². The normalized spacial score (nSPS) is 10.0. The first-order valence-corrected chi connectivity index (χ1v) is 6.79. The van der Waals surface area contributed by atoms with Crippen LogP contribution in [0.4, 0.5) is 11.4 Å². The first kappa shape index (κ1) is 16.0. The number of nitrogens with zero attached hydrogens (tertiary/aromatic N) is 2. The van der Waals surface area contributed by atoms with Crippen LogP contribution in [0.1, 0.15) is 19.8 Å². The molecule has 0 aliphatic heterocycles. The lowest BCUT2D eigenvalue weighted by atomic mass is 10.2. The molecule has 0 aliphatic carbocycles. The lowest BCUT2D eigenvalue weighted by molar-refractivity contribution is -0.142. The maximum atomic E-state index is 11.8. The summed E-state index contributed by atoms with van der Waals surface area (Å²) in [5.74, 6) is -1.10. The fourth-order valence-electron chi connectivity index (χ4n) is 1.70. The average Bonchev–Trinajstić information content (AvgIpc) is 2.44. The number of benzene rings is 1. The van der Waals surface area contributed by atoms with Crippen molar-refractivity contribution in [1.82, 2.24) is 4.90 Å². The lowest BCUT2D eigenvalue weighted by Crippen LogP contribution is -2.37. The lowest BCUT2D eigenvalue weighted by Gasteiger charge is -2.16. The Morgan fingerprint density at radius 3 is 2.20 bits per heavy atom. The van der Waals surface area contributed by atoms with Crippen molar-refractivity contribution in [1.29, 1.82) is 0 Å². The second-order valence-corrected chi connectivity index (χ2v) is 4.98. The van der Waals surface area contributed by atoms with E-state index in [-0.39, 0.29) is 0 Å². The number of carbonyl (C=O) groups excluding carboxylic acids is 2. The third-order valence-electron chi connectivity index (χ3n) is 3.03. The third-order valence-corrected chi connectivity index (χ3v) is 3.03. The van der Waals surface area contributed by atoms with Gasteiger partial charge in [-0.05, 0) is 30.7 Å². The van der Waals surface area contributed by atoms with Crippen LogP contribution >= 0.6 is 0 Å². The summed E-state index contributed by atoms with van der Waals surface area (Å²) in [4.78, 5) is 27.1. The van der Waals surface area contributed by atoms with E-state index in [1.165, 1.54) is 4.90 Å². The van der Waals surface area contributed by atoms with Crippen LogP contribution in [0.25, 0.3) is 0 Å². The molecule has 0 saturated heterocycles. The zero-order valence-corrected chi connectivity index (χ0v) is 12.6. The molecule has 110 valence electrons. The molecule has 0 aromatic heterocycles. The monoisotopic (exact) mass is 277 g/mol. The highest BCUT2D eigenvalue weighted by molar-refractivity contribution is 6.39. The molecule has 0 spiro atoms. The minimum Gasteiger partial charge on any atom is -0.378 e. The highest BCUT2D eigenvalue weighted by Crippen LogP contribution is 2.15. The number of hydrogen-bond donors (Lipinski definition) is 1. The van der Waals surface area contributed by atoms with Crippen molar-refractivity contribution in [3.05, 3.63) is 24.3 Å². The maximum Gasteiger partial charge on any atom is 0.313 e. The second kappa shape index (κ2) is 7.53. The summed E-state index contributed by atoms with van der Waals surface area (Å²) in [5.41, 5.74) is 1.66. The zero-order valence-electron chi connectivity index (χ0n) is 12.6. The van der Waals surface area contributed by atoms with Gasteiger partial charge in [0.25, 0.3) is 0 Å². The van der Waals surface area contributed by atoms with E-state index >= 15 is 0 Å². The summed E-state index contributed by atoms with van der Waals surface area (Å²) in [6, 6.07) is 7.35. The minimum absolute atomic E-state index is 0.505. The SMILES string of the molecule is CCCCN(C)C(=O)C(=O)Nc1ccc(N(C)C)cc1. The Kier molecular flexibility index (Phi) is 6.03. The Morgan fingerprint density at radius 1 is 1.10 bits per heavy atom. The fourth-order valence-corrected chi connectivity index (χ4v) is 1.70. The van der Waals surface area contributed by atoms with E-state index in [9.17, 15) is 9.59 Å². The molecule has 0 aliphatic rings. The second-order valence-electron chi connectivity index (χ2n) is 4.98. The summed E-state index contributed by atoms with van der Waals surface area (Å²) < 4.78 is 0. The summed E-state index contributed by atoms with van der Waals surface area (Å²) in [7, 11) is 5.53. The van der Waals surface area contributed by atoms with Crippen LogP contribution < -0.4 is 10.2 Å². The molecular formula is C15H23N3O2. The van der Waals surface area contributed by atoms with E-state index < -0.39 is 11.8 Å². The fraction of sp³-hybridized carbons (Fsp3) is 0.467. The van der Waals surface area contributed by atoms with Gasteiger partial charge < -0.3 is 15.1 Å². The van der Waals surface area contributed by atoms with Crippen LogP contribution in [0.5, 0.6) is 0 Å². The molecule has 1 aromatic carbocycles. The van der Waals surface area contributed by atoms with Gasteiger partial charge >= 0.3 is 11.8 Å². The standard InChI is InChI=1S/C15H23N3O2/c1-5-6-11-18(4)15(20)14(19)16-12-7-9-13(10-8-12)17(2)3/h7-10H,5-6,11H2,1-4H3,(H,16,19). The molecule has 20 heavy (non-hydrogen) atoms. The average molecular weight is 277 g/mol. The Labute approximate surface area is 120 Å². The van der Waals surface area contributed by atoms with Gasteiger partial charge in [-0.3, -0.25) is 9.59 Å². The molecule has 0 fully saturated rings. The van der Waals surface area contributed by atoms with Gasteiger partial charge in [-0.25, -0.2) is 0 Å². The van der Waals surface area contributed by atoms with E-state index in [1.54, 1.807) is 19.2 Å². The summed E-state index contributed by atoms with van der Waals surface area (Å²) in [6.07, 6.45) is 1.89. The number of hydrogen-bond acceptors (Lipinski definition) is 3. The minimum atomic E-state index is -0.596. The number of anilines is 2. The van der Waals surface area contributed by atoms with Gasteiger partial charge in [0.1, 0.15) is 0 Å². The molecule has 1 aromatic rings. The highest BCUT2D eigenvalue weighted by Gasteiger charge is 2.18. The largest absolute Gasteiger partial charge is 0.378 e. The van der Waals surface area contributed by atoms with Crippen LogP contribution in [0.2, 0.25) is 0 Å². The van der Waals surface area contributed by atoms with Crippen LogP contribution in [-0.4, -0.2) is 44.4 Å². The molecule has 5 nitrogen and oxygen atoms in total. The molecular weight excluding hydrogens is 254 g/mol. The molecule has 0 unspecified atom stereocenters. The van der Waals surface area contributed by atoms with Gasteiger partial charge in [0.2, 0.25) is 0 Å². The third kappa shape index (κ3) is 4.57. The van der Waals surface area contributed by atoms with E-state index in [0.717, 1.165) is 18.5 Å². The Balaban J connectivity index is 2.59. The highest BCUT2D eigenvalue weighted by atomic mass is 16.2. The molecule has 1 N–H and O–H groups in total. The molecule has 0 atom stereocenters. The van der Waals surface area contributed by atoms with Crippen LogP contribution in [-0.2, 0) is 9.59 Å². The number of rotatable bonds is 5. The molecule has 2 amide bonds. The van der Waals surface area contributed by atoms with Crippen molar-refractivity contribution in [2.45, 2.75) is 19.8 Å². The molecule has 0 radical (unpaired) electrons. The first-order valence-electron chi connectivity index (χ1n) is 6.79. The summed E-state index contributed by atoms with van der Waals surface area (Å²) >= 11 is 0. The van der Waals surface area contributed by atoms with Crippen molar-refractivity contribution >= 4 is 23.2 Å². The van der Waals surface area contributed by atoms with Gasteiger partial charge in [0, 0.05) is 39.1 Å². The molecule has 0 saturated carbocycles. The van der Waals surface area contributed by atoms with Gasteiger partial charge in [-0.2, -0.15) is 0 Å². The van der Waals surface area contributed by atoms with E-state index in [2.05, 4.69) is 5.32 Å². The predicted octanol–water partition coefficient (Wildman–Crippen LogP) is 1.95. The van der Waals surface area contributed by atoms with Crippen LogP contribution in [0.3, 0.4) is 0 Å². The van der Waals surface area contributed by atoms with Crippen molar-refractivity contribution < 1.29 is 9.59 Å². The number of amides is 2. The maximum absolute atomic E-state index is 11.8. The van der Waals surface area contributed by atoms with Gasteiger partial charge in [-0.15, -0.1) is 0 Å². The molecule has 0 heterocycles. The summed E-state index contributed by atoms with van der Waals surface area (Å²) in [5, 5.41) is 2.62. The Hall–Kier alpha value is -2.04. The number of likely N-dealkylation sites (N-methyl/N-ethyl adjacent to an activating group) is 1. The number of nitrogens with one attached hydrogen (secondary N) is 1. The van der Waals surface area contributed by atoms with Crippen molar-refractivity contribution in [3.63, 3.8) is 0 Å². The van der Waals surface area contributed by atoms with Gasteiger partial charge in [0.05, 0.1) is 0 Å². The van der Waals surface area contributed by atoms with Crippen LogP contribution in [0, 0.1) is 0 Å². The summed E-state index contributed by atoms with van der Waals surface area (Å²) in [6.45, 7) is 2.65. The van der Waals surface area contributed by atoms with Crippen LogP contribution in [0.15, 0.2) is 24.3 Å². The molecule has 1 rings (SSSR count). The van der Waals surface area contributed by atoms with Gasteiger partial charge in [0.15, 0.2) is 0 Å². The smallest absolute Gasteiger partial charge is 0.313 e. The predicted molar refractivity (Wildman–Crippen MR) is 81.9 cm³/mol. The van der Waals surface area contributed by atoms with Crippen molar-refractivity contribution in [2.75, 3.05) is 37.9 Å². The topological polar surface area (TPSA) is 52.7 Å². The number of unbranched alkanes of at least 4 members (excludes halogenated alkanes) is 1. The zero-order chi connectivity index (χ0) is 15.1. The number of carbonyl (C=O) groups is 2. The van der Waals surface area contributed by atoms with Crippen molar-refractivity contribution in [3.8, 4) is 0 Å². The van der Waals surface area contributed by atoms with E-state index in [1.807, 2.05) is 38.1 Å². The molecule has 5 heteroatoms. The molecule has 0 bridgehead atoms. The Morgan fingerprint density at radius 2 is 1.70 bits per heavy atom. The van der Waals surface area contributed by atoms with Crippen molar-refractivity contribution in [2.24, 2.45) is 0 Å². The van der Waals surface area contributed by atoms with Gasteiger partial charge in [-0.1, -0.05) is 13.3 Å². The Bertz CT molecular complexity index is 455.